The molecule has 0 aliphatic rings. The molecule has 0 heterocycles. The van der Waals surface area contributed by atoms with Gasteiger partial charge in [0.25, 0.3) is 0 Å². The number of para-hydroxylation sites is 1. The maximum absolute atomic E-state index is 12.6. The normalized spacial score (nSPS) is 13.4. The minimum Gasteiger partial charge on any atom is -0.325 e. The summed E-state index contributed by atoms with van der Waals surface area (Å²) in [7, 11) is 0. The number of anilines is 1. The first-order valence-electron chi connectivity index (χ1n) is 7.93. The van der Waals surface area contributed by atoms with E-state index in [1.165, 1.54) is 11.8 Å². The monoisotopic (exact) mass is 381 g/mol. The molecule has 0 saturated heterocycles. The van der Waals surface area contributed by atoms with Crippen molar-refractivity contribution >= 4 is 46.6 Å². The topological polar surface area (TPSA) is 29.1 Å². The smallest absolute Gasteiger partial charge is 0.237 e. The lowest BCUT2D eigenvalue weighted by Gasteiger charge is -2.18. The van der Waals surface area contributed by atoms with Gasteiger partial charge < -0.3 is 5.32 Å². The molecule has 2 aromatic rings. The van der Waals surface area contributed by atoms with E-state index in [-0.39, 0.29) is 11.2 Å². The third-order valence-electron chi connectivity index (χ3n) is 3.93. The van der Waals surface area contributed by atoms with Crippen molar-refractivity contribution in [2.75, 3.05) is 5.32 Å². The zero-order valence-corrected chi connectivity index (χ0v) is 16.3. The third-order valence-corrected chi connectivity index (χ3v) is 5.76. The molecule has 0 fully saturated rings. The van der Waals surface area contributed by atoms with E-state index in [0.29, 0.717) is 16.0 Å². The molecule has 0 unspecified atom stereocenters. The Kier molecular flexibility index (Phi) is 7.02. The van der Waals surface area contributed by atoms with Crippen LogP contribution < -0.4 is 5.32 Å². The van der Waals surface area contributed by atoms with E-state index >= 15 is 0 Å². The Labute approximate surface area is 157 Å². The van der Waals surface area contributed by atoms with Gasteiger partial charge >= 0.3 is 0 Å². The van der Waals surface area contributed by atoms with Crippen LogP contribution in [0.4, 0.5) is 5.69 Å². The van der Waals surface area contributed by atoms with Crippen LogP contribution in [-0.4, -0.2) is 11.2 Å². The number of hydrogen-bond donors (Lipinski definition) is 1. The minimum absolute atomic E-state index is 0.0493. The second kappa shape index (κ2) is 8.80. The van der Waals surface area contributed by atoms with Crippen molar-refractivity contribution in [1.82, 2.24) is 0 Å². The highest BCUT2D eigenvalue weighted by atomic mass is 35.5. The number of halogens is 2. The summed E-state index contributed by atoms with van der Waals surface area (Å²) in [6, 6.07) is 13.2. The molecule has 2 aromatic carbocycles. The maximum Gasteiger partial charge on any atom is 0.237 e. The third kappa shape index (κ3) is 4.92. The van der Waals surface area contributed by atoms with Gasteiger partial charge in [-0.2, -0.15) is 0 Å². The van der Waals surface area contributed by atoms with Crippen molar-refractivity contribution in [2.45, 2.75) is 43.3 Å². The van der Waals surface area contributed by atoms with Crippen LogP contribution in [0.25, 0.3) is 0 Å². The van der Waals surface area contributed by atoms with Crippen LogP contribution in [0.5, 0.6) is 0 Å². The molecule has 2 nitrogen and oxygen atoms in total. The van der Waals surface area contributed by atoms with E-state index < -0.39 is 0 Å². The number of carbonyl (C=O) groups is 1. The second-order valence-corrected chi connectivity index (χ2v) is 7.95. The van der Waals surface area contributed by atoms with Gasteiger partial charge in [0.05, 0.1) is 10.3 Å². The predicted octanol–water partition coefficient (Wildman–Crippen LogP) is 6.63. The molecule has 0 aromatic heterocycles. The van der Waals surface area contributed by atoms with Gasteiger partial charge in [0.1, 0.15) is 0 Å². The van der Waals surface area contributed by atoms with Crippen LogP contribution in [0.3, 0.4) is 0 Å². The van der Waals surface area contributed by atoms with Crippen LogP contribution >= 0.6 is 35.0 Å². The van der Waals surface area contributed by atoms with Crippen molar-refractivity contribution < 1.29 is 4.79 Å². The Hall–Kier alpha value is -1.16. The molecule has 1 N–H and O–H groups in total. The summed E-state index contributed by atoms with van der Waals surface area (Å²) in [5.41, 5.74) is 2.04. The van der Waals surface area contributed by atoms with Gasteiger partial charge in [-0.1, -0.05) is 55.2 Å². The Balaban J connectivity index is 2.11. The van der Waals surface area contributed by atoms with Crippen LogP contribution in [0, 0.1) is 0 Å². The van der Waals surface area contributed by atoms with Crippen LogP contribution in [-0.2, 0) is 4.79 Å². The molecule has 0 radical (unpaired) electrons. The molecule has 0 aliphatic carbocycles. The lowest BCUT2D eigenvalue weighted by atomic mass is 9.97. The summed E-state index contributed by atoms with van der Waals surface area (Å²) < 4.78 is 0. The summed E-state index contributed by atoms with van der Waals surface area (Å²) >= 11 is 13.6. The van der Waals surface area contributed by atoms with Gasteiger partial charge in [0, 0.05) is 15.6 Å². The summed E-state index contributed by atoms with van der Waals surface area (Å²) in [6.45, 7) is 6.17. The van der Waals surface area contributed by atoms with E-state index in [9.17, 15) is 4.79 Å². The molecule has 0 saturated carbocycles. The van der Waals surface area contributed by atoms with Crippen molar-refractivity contribution in [3.63, 3.8) is 0 Å². The zero-order valence-electron chi connectivity index (χ0n) is 14.0. The van der Waals surface area contributed by atoms with Gasteiger partial charge in [-0.25, -0.2) is 0 Å². The van der Waals surface area contributed by atoms with E-state index in [2.05, 4.69) is 25.2 Å². The second-order valence-electron chi connectivity index (χ2n) is 5.72. The first-order valence-corrected chi connectivity index (χ1v) is 9.57. The zero-order chi connectivity index (χ0) is 17.7. The van der Waals surface area contributed by atoms with Crippen molar-refractivity contribution in [1.29, 1.82) is 0 Å². The maximum atomic E-state index is 12.6. The van der Waals surface area contributed by atoms with E-state index in [0.717, 1.165) is 22.6 Å². The van der Waals surface area contributed by atoms with Crippen LogP contribution in [0.2, 0.25) is 10.0 Å². The fourth-order valence-corrected chi connectivity index (χ4v) is 3.72. The van der Waals surface area contributed by atoms with Crippen molar-refractivity contribution in [3.8, 4) is 0 Å². The number of rotatable bonds is 6. The number of benzene rings is 2. The molecule has 0 aliphatic heterocycles. The van der Waals surface area contributed by atoms with Gasteiger partial charge in [0.15, 0.2) is 0 Å². The lowest BCUT2D eigenvalue weighted by molar-refractivity contribution is -0.115. The summed E-state index contributed by atoms with van der Waals surface area (Å²) in [5.74, 6) is 0.346. The molecular weight excluding hydrogens is 361 g/mol. The summed E-state index contributed by atoms with van der Waals surface area (Å²) in [5, 5.41) is 3.97. The van der Waals surface area contributed by atoms with E-state index in [1.807, 2.05) is 25.1 Å². The largest absolute Gasteiger partial charge is 0.325 e. The average Bonchev–Trinajstić information content (AvgIpc) is 2.57. The van der Waals surface area contributed by atoms with Crippen LogP contribution in [0.1, 0.15) is 38.7 Å². The fraction of sp³-hybridized carbons (Fsp3) is 0.316. The molecule has 2 rings (SSSR count). The minimum atomic E-state index is -0.286. The SMILES string of the molecule is CC[C@@H](C)c1ccccc1NC(=O)[C@@H](C)Sc1cc(Cl)ccc1Cl. The average molecular weight is 382 g/mol. The lowest BCUT2D eigenvalue weighted by Crippen LogP contribution is -2.23. The Morgan fingerprint density at radius 3 is 2.58 bits per heavy atom. The first-order chi connectivity index (χ1) is 11.4. The number of carbonyl (C=O) groups excluding carboxylic acids is 1. The highest BCUT2D eigenvalue weighted by Gasteiger charge is 2.18. The van der Waals surface area contributed by atoms with E-state index in [1.54, 1.807) is 18.2 Å². The fourth-order valence-electron chi connectivity index (χ4n) is 2.31. The van der Waals surface area contributed by atoms with Gasteiger partial charge in [0.2, 0.25) is 5.91 Å². The number of nitrogens with one attached hydrogen (secondary N) is 1. The molecule has 0 bridgehead atoms. The number of amides is 1. The summed E-state index contributed by atoms with van der Waals surface area (Å²) in [6.07, 6.45) is 1.02. The quantitative estimate of drug-likeness (QED) is 0.569. The molecule has 128 valence electrons. The number of thioether (sulfide) groups is 1. The Morgan fingerprint density at radius 2 is 1.88 bits per heavy atom. The highest BCUT2D eigenvalue weighted by Crippen LogP contribution is 2.33. The number of hydrogen-bond acceptors (Lipinski definition) is 2. The van der Waals surface area contributed by atoms with Crippen molar-refractivity contribution in [3.05, 3.63) is 58.1 Å². The predicted molar refractivity (Wildman–Crippen MR) is 106 cm³/mol. The van der Waals surface area contributed by atoms with E-state index in [4.69, 9.17) is 23.2 Å². The Bertz CT molecular complexity index is 720. The Morgan fingerprint density at radius 1 is 1.17 bits per heavy atom. The first kappa shape index (κ1) is 19.2. The highest BCUT2D eigenvalue weighted by molar-refractivity contribution is 8.00. The molecule has 24 heavy (non-hydrogen) atoms. The van der Waals surface area contributed by atoms with Gasteiger partial charge in [-0.05, 0) is 49.1 Å². The molecular formula is C19H21Cl2NOS. The molecule has 5 heteroatoms. The van der Waals surface area contributed by atoms with Crippen molar-refractivity contribution in [2.24, 2.45) is 0 Å². The van der Waals surface area contributed by atoms with Crippen LogP contribution in [0.15, 0.2) is 47.4 Å². The molecule has 2 atom stereocenters. The molecule has 0 spiro atoms. The van der Waals surface area contributed by atoms with Gasteiger partial charge in [-0.15, -0.1) is 11.8 Å². The summed E-state index contributed by atoms with van der Waals surface area (Å²) in [4.78, 5) is 13.4. The van der Waals surface area contributed by atoms with Gasteiger partial charge in [-0.3, -0.25) is 4.79 Å². The molecule has 1 amide bonds. The standard InChI is InChI=1S/C19H21Cl2NOS/c1-4-12(2)15-7-5-6-8-17(15)22-19(23)13(3)24-18-11-14(20)9-10-16(18)21/h5-13H,4H2,1-3H3,(H,22,23)/t12-,13-/m1/s1.